The van der Waals surface area contributed by atoms with Crippen molar-refractivity contribution in [3.05, 3.63) is 11.6 Å². The predicted octanol–water partition coefficient (Wildman–Crippen LogP) is 2.50. The highest BCUT2D eigenvalue weighted by molar-refractivity contribution is 5.71. The van der Waals surface area contributed by atoms with E-state index in [1.54, 1.807) is 7.11 Å². The number of ether oxygens (including phenoxy) is 2. The van der Waals surface area contributed by atoms with Crippen molar-refractivity contribution in [3.8, 4) is 5.88 Å². The van der Waals surface area contributed by atoms with Crippen LogP contribution in [0.4, 0.5) is 16.3 Å². The maximum Gasteiger partial charge on any atom is 0.410 e. The molecule has 0 aromatic carbocycles. The number of carbonyl (C=O) groups is 1. The van der Waals surface area contributed by atoms with E-state index in [0.29, 0.717) is 12.4 Å². The van der Waals surface area contributed by atoms with Crippen molar-refractivity contribution in [2.75, 3.05) is 43.5 Å². The van der Waals surface area contributed by atoms with Gasteiger partial charge in [-0.05, 0) is 34.1 Å². The summed E-state index contributed by atoms with van der Waals surface area (Å²) in [6.45, 7) is 10.8. The Bertz CT molecular complexity index is 656. The molecule has 1 atom stereocenters. The Hall–Kier alpha value is -2.18. The Balaban J connectivity index is 1.76. The third-order valence-electron chi connectivity index (χ3n) is 4.55. The van der Waals surface area contributed by atoms with Gasteiger partial charge in [0.2, 0.25) is 5.88 Å². The van der Waals surface area contributed by atoms with Gasteiger partial charge in [0.15, 0.2) is 0 Å². The number of anilines is 2. The molecule has 1 saturated heterocycles. The van der Waals surface area contributed by atoms with Gasteiger partial charge in [-0.1, -0.05) is 0 Å². The summed E-state index contributed by atoms with van der Waals surface area (Å²) in [6, 6.07) is 2.08. The van der Waals surface area contributed by atoms with Crippen LogP contribution in [0.15, 0.2) is 6.07 Å². The summed E-state index contributed by atoms with van der Waals surface area (Å²) in [4.78, 5) is 21.0. The number of hydrogen-bond acceptors (Lipinski definition) is 6. The normalized spacial score (nSPS) is 20.1. The van der Waals surface area contributed by atoms with E-state index in [-0.39, 0.29) is 12.1 Å². The van der Waals surface area contributed by atoms with E-state index >= 15 is 0 Å². The number of aromatic nitrogens is 1. The number of rotatable bonds is 2. The molecule has 0 saturated carbocycles. The molecule has 0 unspecified atom stereocenters. The molecule has 0 aliphatic carbocycles. The van der Waals surface area contributed by atoms with Crippen LogP contribution in [-0.2, 0) is 11.2 Å². The van der Waals surface area contributed by atoms with Gasteiger partial charge < -0.3 is 24.6 Å². The number of pyridine rings is 1. The minimum Gasteiger partial charge on any atom is -0.481 e. The number of carbonyl (C=O) groups excluding carboxylic acids is 1. The molecule has 1 N–H and O–H groups in total. The molecule has 7 nitrogen and oxygen atoms in total. The molecular formula is C18H28N4O3. The van der Waals surface area contributed by atoms with Crippen molar-refractivity contribution < 1.29 is 14.3 Å². The second-order valence-electron chi connectivity index (χ2n) is 7.66. The zero-order valence-electron chi connectivity index (χ0n) is 15.8. The van der Waals surface area contributed by atoms with Gasteiger partial charge in [-0.15, -0.1) is 0 Å². The first-order chi connectivity index (χ1) is 11.8. The van der Waals surface area contributed by atoms with E-state index in [4.69, 9.17) is 9.47 Å². The molecule has 0 radical (unpaired) electrons. The van der Waals surface area contributed by atoms with Crippen LogP contribution in [0.25, 0.3) is 0 Å². The fourth-order valence-electron chi connectivity index (χ4n) is 3.39. The number of nitrogens with one attached hydrogen (secondary N) is 1. The lowest BCUT2D eigenvalue weighted by Crippen LogP contribution is -2.55. The average molecular weight is 348 g/mol. The smallest absolute Gasteiger partial charge is 0.410 e. The van der Waals surface area contributed by atoms with Gasteiger partial charge in [-0.3, -0.25) is 0 Å². The Labute approximate surface area is 149 Å². The minimum atomic E-state index is -0.473. The Kier molecular flexibility index (Phi) is 4.67. The van der Waals surface area contributed by atoms with Gasteiger partial charge in [0, 0.05) is 49.5 Å². The summed E-state index contributed by atoms with van der Waals surface area (Å²) in [5.41, 5.74) is 1.92. The third-order valence-corrected chi connectivity index (χ3v) is 4.55. The molecule has 25 heavy (non-hydrogen) atoms. The lowest BCUT2D eigenvalue weighted by molar-refractivity contribution is 0.0159. The number of nitrogens with zero attached hydrogens (tertiary/aromatic N) is 3. The van der Waals surface area contributed by atoms with E-state index in [9.17, 15) is 4.79 Å². The topological polar surface area (TPSA) is 66.9 Å². The minimum absolute atomic E-state index is 0.0766. The second kappa shape index (κ2) is 6.61. The highest BCUT2D eigenvalue weighted by atomic mass is 16.6. The maximum absolute atomic E-state index is 12.4. The molecule has 138 valence electrons. The lowest BCUT2D eigenvalue weighted by Gasteiger charge is -2.41. The van der Waals surface area contributed by atoms with Crippen molar-refractivity contribution in [2.45, 2.75) is 45.8 Å². The third kappa shape index (κ3) is 3.75. The average Bonchev–Trinajstić information content (AvgIpc) is 3.00. The fraction of sp³-hybridized carbons (Fsp3) is 0.667. The highest BCUT2D eigenvalue weighted by Crippen LogP contribution is 2.35. The SMILES string of the molecule is COc1cc(N2CCN(C(=O)OC(C)(C)C)[C@@H](C)C2)c2c(n1)NCC2. The fourth-order valence-corrected chi connectivity index (χ4v) is 3.39. The largest absolute Gasteiger partial charge is 0.481 e. The predicted molar refractivity (Wildman–Crippen MR) is 97.6 cm³/mol. The maximum atomic E-state index is 12.4. The first-order valence-corrected chi connectivity index (χ1v) is 8.85. The van der Waals surface area contributed by atoms with Crippen LogP contribution in [0, 0.1) is 0 Å². The summed E-state index contributed by atoms with van der Waals surface area (Å²) in [6.07, 6.45) is 0.723. The quantitative estimate of drug-likeness (QED) is 0.886. The van der Waals surface area contributed by atoms with Crippen LogP contribution in [-0.4, -0.2) is 60.9 Å². The molecule has 0 spiro atoms. The zero-order chi connectivity index (χ0) is 18.2. The Morgan fingerprint density at radius 1 is 1.36 bits per heavy atom. The van der Waals surface area contributed by atoms with E-state index < -0.39 is 5.60 Å². The molecule has 1 aromatic rings. The molecule has 1 amide bonds. The summed E-state index contributed by atoms with van der Waals surface area (Å²) < 4.78 is 10.9. The summed E-state index contributed by atoms with van der Waals surface area (Å²) >= 11 is 0. The first kappa shape index (κ1) is 17.6. The number of methoxy groups -OCH3 is 1. The van der Waals surface area contributed by atoms with Gasteiger partial charge in [0.05, 0.1) is 7.11 Å². The molecule has 3 rings (SSSR count). The van der Waals surface area contributed by atoms with Gasteiger partial charge in [0.1, 0.15) is 11.4 Å². The molecule has 1 fully saturated rings. The van der Waals surface area contributed by atoms with Crippen LogP contribution >= 0.6 is 0 Å². The van der Waals surface area contributed by atoms with Gasteiger partial charge >= 0.3 is 6.09 Å². The van der Waals surface area contributed by atoms with Crippen molar-refractivity contribution >= 4 is 17.6 Å². The van der Waals surface area contributed by atoms with Crippen LogP contribution in [0.3, 0.4) is 0 Å². The van der Waals surface area contributed by atoms with Crippen molar-refractivity contribution in [1.82, 2.24) is 9.88 Å². The highest BCUT2D eigenvalue weighted by Gasteiger charge is 2.32. The van der Waals surface area contributed by atoms with Crippen LogP contribution < -0.4 is 15.0 Å². The molecule has 0 bridgehead atoms. The number of amides is 1. The van der Waals surface area contributed by atoms with Gasteiger partial charge in [0.25, 0.3) is 0 Å². The van der Waals surface area contributed by atoms with E-state index in [0.717, 1.165) is 37.6 Å². The molecule has 3 heterocycles. The number of fused-ring (bicyclic) bond motifs is 1. The van der Waals surface area contributed by atoms with Crippen LogP contribution in [0.2, 0.25) is 0 Å². The van der Waals surface area contributed by atoms with Gasteiger partial charge in [-0.25, -0.2) is 4.79 Å². The molecule has 2 aliphatic rings. The van der Waals surface area contributed by atoms with Gasteiger partial charge in [-0.2, -0.15) is 4.98 Å². The van der Waals surface area contributed by atoms with E-state index in [1.165, 1.54) is 5.56 Å². The van der Waals surface area contributed by atoms with E-state index in [1.807, 2.05) is 31.7 Å². The van der Waals surface area contributed by atoms with Crippen molar-refractivity contribution in [1.29, 1.82) is 0 Å². The van der Waals surface area contributed by atoms with E-state index in [2.05, 4.69) is 22.1 Å². The molecule has 2 aliphatic heterocycles. The Morgan fingerprint density at radius 3 is 2.76 bits per heavy atom. The summed E-state index contributed by atoms with van der Waals surface area (Å²) in [7, 11) is 1.64. The first-order valence-electron chi connectivity index (χ1n) is 8.85. The van der Waals surface area contributed by atoms with Crippen LogP contribution in [0.1, 0.15) is 33.3 Å². The van der Waals surface area contributed by atoms with Crippen LogP contribution in [0.5, 0.6) is 5.88 Å². The zero-order valence-corrected chi connectivity index (χ0v) is 15.8. The summed E-state index contributed by atoms with van der Waals surface area (Å²) in [5, 5.41) is 3.32. The standard InChI is InChI=1S/C18H28N4O3/c1-12-11-21(8-9-22(12)17(23)25-18(2,3)4)14-10-15(24-5)20-16-13(14)6-7-19-16/h10,12H,6-9,11H2,1-5H3,(H,19,20)/t12-/m0/s1. The molecule has 1 aromatic heterocycles. The Morgan fingerprint density at radius 2 is 2.12 bits per heavy atom. The number of piperazine rings is 1. The van der Waals surface area contributed by atoms with Crippen molar-refractivity contribution in [2.24, 2.45) is 0 Å². The molecular weight excluding hydrogens is 320 g/mol. The number of hydrogen-bond donors (Lipinski definition) is 1. The summed E-state index contributed by atoms with van der Waals surface area (Å²) in [5.74, 6) is 1.53. The van der Waals surface area contributed by atoms with Crippen molar-refractivity contribution in [3.63, 3.8) is 0 Å². The lowest BCUT2D eigenvalue weighted by atomic mass is 10.1. The molecule has 7 heteroatoms. The second-order valence-corrected chi connectivity index (χ2v) is 7.66. The monoisotopic (exact) mass is 348 g/mol.